The van der Waals surface area contributed by atoms with E-state index in [0.717, 1.165) is 30.7 Å². The van der Waals surface area contributed by atoms with Crippen molar-refractivity contribution in [3.05, 3.63) is 29.8 Å². The summed E-state index contributed by atoms with van der Waals surface area (Å²) in [4.78, 5) is 13.5. The number of nitrogens with zero attached hydrogens (tertiary/aromatic N) is 1. The van der Waals surface area contributed by atoms with E-state index in [0.29, 0.717) is 13.2 Å². The molecule has 0 aliphatic heterocycles. The molecule has 0 unspecified atom stereocenters. The number of rotatable bonds is 7. The van der Waals surface area contributed by atoms with Gasteiger partial charge in [0, 0.05) is 20.1 Å². The van der Waals surface area contributed by atoms with E-state index in [9.17, 15) is 4.79 Å². The van der Waals surface area contributed by atoms with Gasteiger partial charge >= 0.3 is 6.03 Å². The van der Waals surface area contributed by atoms with Gasteiger partial charge in [-0.3, -0.25) is 0 Å². The van der Waals surface area contributed by atoms with E-state index in [-0.39, 0.29) is 6.03 Å². The monoisotopic (exact) mass is 264 g/mol. The Bertz CT molecular complexity index is 376. The van der Waals surface area contributed by atoms with Crippen LogP contribution >= 0.6 is 0 Å². The average Bonchev–Trinajstić information content (AvgIpc) is 2.44. The number of carbonyl (C=O) groups excluding carboxylic acids is 1. The summed E-state index contributed by atoms with van der Waals surface area (Å²) in [7, 11) is 1.82. The van der Waals surface area contributed by atoms with Crippen molar-refractivity contribution in [2.24, 2.45) is 0 Å². The lowest BCUT2D eigenvalue weighted by atomic mass is 10.2. The second kappa shape index (κ2) is 8.40. The van der Waals surface area contributed by atoms with Gasteiger partial charge in [0.25, 0.3) is 0 Å². The molecule has 1 aromatic carbocycles. The normalized spacial score (nSPS) is 10.1. The van der Waals surface area contributed by atoms with Crippen LogP contribution in [0.1, 0.15) is 32.3 Å². The molecule has 0 aromatic heterocycles. The van der Waals surface area contributed by atoms with Gasteiger partial charge in [0.1, 0.15) is 5.75 Å². The predicted molar refractivity (Wildman–Crippen MR) is 77.4 cm³/mol. The maximum atomic E-state index is 11.8. The zero-order valence-electron chi connectivity index (χ0n) is 12.1. The number of unbranched alkanes of at least 4 members (excludes halogenated alkanes) is 1. The molecule has 19 heavy (non-hydrogen) atoms. The van der Waals surface area contributed by atoms with Crippen LogP contribution in [0.3, 0.4) is 0 Å². The number of amides is 2. The van der Waals surface area contributed by atoms with Crippen LogP contribution in [0, 0.1) is 0 Å². The lowest BCUT2D eigenvalue weighted by Gasteiger charge is -2.17. The van der Waals surface area contributed by atoms with Gasteiger partial charge in [0.2, 0.25) is 0 Å². The maximum absolute atomic E-state index is 11.8. The maximum Gasteiger partial charge on any atom is 0.317 e. The van der Waals surface area contributed by atoms with Crippen molar-refractivity contribution in [2.75, 3.05) is 20.2 Å². The minimum absolute atomic E-state index is 0.0256. The van der Waals surface area contributed by atoms with Crippen LogP contribution < -0.4 is 10.1 Å². The number of hydrogen-bond donors (Lipinski definition) is 1. The number of urea groups is 1. The van der Waals surface area contributed by atoms with Gasteiger partial charge in [-0.05, 0) is 31.0 Å². The molecule has 0 aliphatic carbocycles. The van der Waals surface area contributed by atoms with Gasteiger partial charge in [0.15, 0.2) is 0 Å². The largest absolute Gasteiger partial charge is 0.494 e. The molecule has 0 saturated carbocycles. The Morgan fingerprint density at radius 3 is 2.53 bits per heavy atom. The topological polar surface area (TPSA) is 41.6 Å². The van der Waals surface area contributed by atoms with Crippen molar-refractivity contribution in [1.82, 2.24) is 10.2 Å². The van der Waals surface area contributed by atoms with E-state index in [2.05, 4.69) is 12.2 Å². The fourth-order valence-electron chi connectivity index (χ4n) is 1.68. The molecule has 1 rings (SSSR count). The smallest absolute Gasteiger partial charge is 0.317 e. The molecule has 0 spiro atoms. The summed E-state index contributed by atoms with van der Waals surface area (Å²) < 4.78 is 5.37. The first-order chi connectivity index (χ1) is 9.17. The summed E-state index contributed by atoms with van der Waals surface area (Å²) in [6.45, 7) is 6.08. The Morgan fingerprint density at radius 2 is 1.95 bits per heavy atom. The highest BCUT2D eigenvalue weighted by atomic mass is 16.5. The SMILES string of the molecule is CCCCN(C)C(=O)NCc1ccc(OCC)cc1. The number of nitrogens with one attached hydrogen (secondary N) is 1. The zero-order chi connectivity index (χ0) is 14.1. The lowest BCUT2D eigenvalue weighted by Crippen LogP contribution is -2.37. The number of benzene rings is 1. The van der Waals surface area contributed by atoms with E-state index in [4.69, 9.17) is 4.74 Å². The Balaban J connectivity index is 2.37. The van der Waals surface area contributed by atoms with Crippen LogP contribution in [0.15, 0.2) is 24.3 Å². The Kier molecular flexibility index (Phi) is 6.79. The van der Waals surface area contributed by atoms with Crippen LogP contribution in [-0.4, -0.2) is 31.1 Å². The standard InChI is InChI=1S/C15H24N2O2/c1-4-6-11-17(3)15(18)16-12-13-7-9-14(10-8-13)19-5-2/h7-10H,4-6,11-12H2,1-3H3,(H,16,18). The van der Waals surface area contributed by atoms with Crippen molar-refractivity contribution in [3.8, 4) is 5.75 Å². The van der Waals surface area contributed by atoms with Gasteiger partial charge in [-0.25, -0.2) is 4.79 Å². The molecule has 0 fully saturated rings. The molecule has 0 bridgehead atoms. The van der Waals surface area contributed by atoms with E-state index in [1.54, 1.807) is 4.90 Å². The molecular weight excluding hydrogens is 240 g/mol. The summed E-state index contributed by atoms with van der Waals surface area (Å²) in [5.41, 5.74) is 1.07. The van der Waals surface area contributed by atoms with Gasteiger partial charge in [-0.15, -0.1) is 0 Å². The number of hydrogen-bond acceptors (Lipinski definition) is 2. The summed E-state index contributed by atoms with van der Waals surface area (Å²) in [5.74, 6) is 0.859. The molecule has 0 atom stereocenters. The van der Waals surface area contributed by atoms with E-state index < -0.39 is 0 Å². The van der Waals surface area contributed by atoms with Crippen LogP contribution in [0.4, 0.5) is 4.79 Å². The van der Waals surface area contributed by atoms with Crippen molar-refractivity contribution >= 4 is 6.03 Å². The minimum atomic E-state index is -0.0256. The highest BCUT2D eigenvalue weighted by molar-refractivity contribution is 5.73. The molecule has 1 aromatic rings. The van der Waals surface area contributed by atoms with E-state index in [1.807, 2.05) is 38.2 Å². The molecule has 0 heterocycles. The minimum Gasteiger partial charge on any atom is -0.494 e. The molecule has 2 amide bonds. The third-order valence-corrected chi connectivity index (χ3v) is 2.87. The van der Waals surface area contributed by atoms with Gasteiger partial charge < -0.3 is 15.0 Å². The summed E-state index contributed by atoms with van der Waals surface area (Å²) in [6.07, 6.45) is 2.13. The van der Waals surface area contributed by atoms with E-state index >= 15 is 0 Å². The number of carbonyl (C=O) groups is 1. The first kappa shape index (κ1) is 15.3. The quantitative estimate of drug-likeness (QED) is 0.822. The van der Waals surface area contributed by atoms with Crippen molar-refractivity contribution in [2.45, 2.75) is 33.2 Å². The third kappa shape index (κ3) is 5.64. The first-order valence-corrected chi connectivity index (χ1v) is 6.88. The van der Waals surface area contributed by atoms with Crippen LogP contribution in [0.5, 0.6) is 5.75 Å². The fraction of sp³-hybridized carbons (Fsp3) is 0.533. The van der Waals surface area contributed by atoms with E-state index in [1.165, 1.54) is 0 Å². The first-order valence-electron chi connectivity index (χ1n) is 6.88. The van der Waals surface area contributed by atoms with Crippen molar-refractivity contribution in [1.29, 1.82) is 0 Å². The Labute approximate surface area is 115 Å². The zero-order valence-corrected chi connectivity index (χ0v) is 12.1. The highest BCUT2D eigenvalue weighted by Gasteiger charge is 2.06. The lowest BCUT2D eigenvalue weighted by molar-refractivity contribution is 0.207. The second-order valence-electron chi connectivity index (χ2n) is 4.51. The highest BCUT2D eigenvalue weighted by Crippen LogP contribution is 2.11. The van der Waals surface area contributed by atoms with Gasteiger partial charge in [0.05, 0.1) is 6.61 Å². The Morgan fingerprint density at radius 1 is 1.26 bits per heavy atom. The molecule has 0 radical (unpaired) electrons. The Hall–Kier alpha value is -1.71. The molecule has 0 aliphatic rings. The fourth-order valence-corrected chi connectivity index (χ4v) is 1.68. The summed E-state index contributed by atoms with van der Waals surface area (Å²) in [6, 6.07) is 7.76. The summed E-state index contributed by atoms with van der Waals surface area (Å²) >= 11 is 0. The van der Waals surface area contributed by atoms with Gasteiger partial charge in [-0.1, -0.05) is 25.5 Å². The van der Waals surface area contributed by atoms with Crippen molar-refractivity contribution < 1.29 is 9.53 Å². The van der Waals surface area contributed by atoms with Gasteiger partial charge in [-0.2, -0.15) is 0 Å². The predicted octanol–water partition coefficient (Wildman–Crippen LogP) is 3.03. The molecule has 1 N–H and O–H groups in total. The van der Waals surface area contributed by atoms with Crippen molar-refractivity contribution in [3.63, 3.8) is 0 Å². The van der Waals surface area contributed by atoms with Crippen LogP contribution in [-0.2, 0) is 6.54 Å². The number of ether oxygens (including phenoxy) is 1. The molecule has 4 nitrogen and oxygen atoms in total. The summed E-state index contributed by atoms with van der Waals surface area (Å²) in [5, 5.41) is 2.91. The molecule has 0 saturated heterocycles. The van der Waals surface area contributed by atoms with Crippen LogP contribution in [0.2, 0.25) is 0 Å². The molecule has 4 heteroatoms. The van der Waals surface area contributed by atoms with Crippen LogP contribution in [0.25, 0.3) is 0 Å². The third-order valence-electron chi connectivity index (χ3n) is 2.87. The second-order valence-corrected chi connectivity index (χ2v) is 4.51. The molecule has 106 valence electrons. The average molecular weight is 264 g/mol. The molecular formula is C15H24N2O2.